The number of carboxylic acids is 1. The van der Waals surface area contributed by atoms with Crippen molar-refractivity contribution in [2.45, 2.75) is 6.54 Å². The Morgan fingerprint density at radius 2 is 2.33 bits per heavy atom. The number of nitrogens with zero attached hydrogens (tertiary/aromatic N) is 1. The van der Waals surface area contributed by atoms with Crippen LogP contribution >= 0.6 is 0 Å². The second-order valence-electron chi connectivity index (χ2n) is 2.32. The molecule has 0 aliphatic heterocycles. The number of aromatic nitrogens is 2. The third-order valence-corrected chi connectivity index (χ3v) is 1.64. The Kier molecular flexibility index (Phi) is 2.01. The third-order valence-electron chi connectivity index (χ3n) is 1.64. The van der Waals surface area contributed by atoms with Crippen LogP contribution in [0.5, 0.6) is 0 Å². The molecule has 0 aliphatic rings. The van der Waals surface area contributed by atoms with Gasteiger partial charge in [0.1, 0.15) is 5.69 Å². The van der Waals surface area contributed by atoms with Crippen molar-refractivity contribution in [3.63, 3.8) is 0 Å². The predicted octanol–water partition coefficient (Wildman–Crippen LogP) is -1.13. The van der Waals surface area contributed by atoms with Crippen molar-refractivity contribution in [1.82, 2.24) is 9.55 Å². The van der Waals surface area contributed by atoms with Crippen LogP contribution in [0.3, 0.4) is 0 Å². The minimum absolute atomic E-state index is 0.0247. The molecule has 0 fully saturated rings. The molecule has 1 aromatic rings. The van der Waals surface area contributed by atoms with Gasteiger partial charge in [-0.3, -0.25) is 9.55 Å². The fourth-order valence-electron chi connectivity index (χ4n) is 0.969. The average molecular weight is 171 g/mol. The molecule has 0 radical (unpaired) electrons. The highest BCUT2D eigenvalue weighted by Crippen LogP contribution is 2.00. The molecule has 0 aliphatic carbocycles. The average Bonchev–Trinajstić information content (AvgIpc) is 2.29. The molecule has 0 amide bonds. The van der Waals surface area contributed by atoms with Gasteiger partial charge in [-0.1, -0.05) is 0 Å². The van der Waals surface area contributed by atoms with Crippen LogP contribution < -0.4 is 11.4 Å². The number of aromatic carboxylic acids is 1. The summed E-state index contributed by atoms with van der Waals surface area (Å²) < 4.78 is 1.18. The molecule has 6 heteroatoms. The maximum absolute atomic E-state index is 10.9. The number of nitrogens with two attached hydrogens (primary N) is 1. The van der Waals surface area contributed by atoms with E-state index in [9.17, 15) is 9.59 Å². The Morgan fingerprint density at radius 3 is 2.67 bits per heavy atom. The zero-order valence-corrected chi connectivity index (χ0v) is 6.50. The van der Waals surface area contributed by atoms with Crippen LogP contribution in [0.15, 0.2) is 4.79 Å². The SMILES string of the molecule is Cn1c(CN)c(C(=O)O)[nH]c1=O. The molecule has 1 rings (SSSR count). The van der Waals surface area contributed by atoms with E-state index in [1.165, 1.54) is 11.6 Å². The van der Waals surface area contributed by atoms with Crippen LogP contribution in [0, 0.1) is 0 Å². The standard InChI is InChI=1S/C6H9N3O3/c1-9-3(2-7)4(5(10)11)8-6(9)12/h2,7H2,1H3,(H,8,12)(H,10,11). The summed E-state index contributed by atoms with van der Waals surface area (Å²) in [6, 6.07) is 0. The van der Waals surface area contributed by atoms with E-state index in [-0.39, 0.29) is 12.2 Å². The van der Waals surface area contributed by atoms with Crippen LogP contribution in [0.1, 0.15) is 16.2 Å². The number of rotatable bonds is 2. The van der Waals surface area contributed by atoms with Gasteiger partial charge < -0.3 is 10.8 Å². The molecule has 6 nitrogen and oxygen atoms in total. The zero-order valence-electron chi connectivity index (χ0n) is 6.50. The molecular weight excluding hydrogens is 162 g/mol. The van der Waals surface area contributed by atoms with Crippen molar-refractivity contribution in [1.29, 1.82) is 0 Å². The normalized spacial score (nSPS) is 10.2. The Hall–Kier alpha value is -1.56. The van der Waals surface area contributed by atoms with E-state index in [2.05, 4.69) is 4.98 Å². The van der Waals surface area contributed by atoms with Gasteiger partial charge in [0.2, 0.25) is 0 Å². The van der Waals surface area contributed by atoms with Crippen molar-refractivity contribution in [2.75, 3.05) is 0 Å². The van der Waals surface area contributed by atoms with E-state index in [0.717, 1.165) is 0 Å². The van der Waals surface area contributed by atoms with E-state index >= 15 is 0 Å². The second-order valence-corrected chi connectivity index (χ2v) is 2.32. The van der Waals surface area contributed by atoms with E-state index in [0.29, 0.717) is 5.69 Å². The van der Waals surface area contributed by atoms with Crippen LogP contribution in [0.2, 0.25) is 0 Å². The number of hydrogen-bond acceptors (Lipinski definition) is 3. The van der Waals surface area contributed by atoms with Crippen LogP contribution in [-0.2, 0) is 13.6 Å². The lowest BCUT2D eigenvalue weighted by Crippen LogP contribution is -2.16. The van der Waals surface area contributed by atoms with E-state index < -0.39 is 11.7 Å². The fourth-order valence-corrected chi connectivity index (χ4v) is 0.969. The molecule has 1 heterocycles. The number of imidazole rings is 1. The first-order valence-electron chi connectivity index (χ1n) is 3.29. The number of nitrogens with one attached hydrogen (secondary N) is 1. The van der Waals surface area contributed by atoms with Crippen LogP contribution in [0.4, 0.5) is 0 Å². The molecule has 0 atom stereocenters. The van der Waals surface area contributed by atoms with Gasteiger partial charge in [-0.15, -0.1) is 0 Å². The maximum Gasteiger partial charge on any atom is 0.354 e. The topological polar surface area (TPSA) is 101 Å². The van der Waals surface area contributed by atoms with Gasteiger partial charge >= 0.3 is 11.7 Å². The summed E-state index contributed by atoms with van der Waals surface area (Å²) in [5.41, 5.74) is 4.96. The Labute approximate surface area is 67.6 Å². The number of aromatic amines is 1. The Bertz CT molecular complexity index is 363. The first kappa shape index (κ1) is 8.54. The minimum Gasteiger partial charge on any atom is -0.477 e. The van der Waals surface area contributed by atoms with Crippen molar-refractivity contribution < 1.29 is 9.90 Å². The molecule has 0 aromatic carbocycles. The summed E-state index contributed by atoms with van der Waals surface area (Å²) in [5, 5.41) is 8.60. The summed E-state index contributed by atoms with van der Waals surface area (Å²) >= 11 is 0. The summed E-state index contributed by atoms with van der Waals surface area (Å²) in [6.07, 6.45) is 0. The van der Waals surface area contributed by atoms with Crippen LogP contribution in [-0.4, -0.2) is 20.6 Å². The van der Waals surface area contributed by atoms with Crippen LogP contribution in [0.25, 0.3) is 0 Å². The highest BCUT2D eigenvalue weighted by molar-refractivity contribution is 5.86. The molecule has 0 bridgehead atoms. The highest BCUT2D eigenvalue weighted by atomic mass is 16.4. The zero-order chi connectivity index (χ0) is 9.30. The van der Waals surface area contributed by atoms with Gasteiger partial charge in [0, 0.05) is 13.6 Å². The summed E-state index contributed by atoms with van der Waals surface area (Å²) in [6.45, 7) is 0.0247. The minimum atomic E-state index is -1.17. The lowest BCUT2D eigenvalue weighted by molar-refractivity contribution is 0.0689. The van der Waals surface area contributed by atoms with Gasteiger partial charge in [-0.25, -0.2) is 9.59 Å². The Morgan fingerprint density at radius 1 is 1.75 bits per heavy atom. The maximum atomic E-state index is 10.9. The third kappa shape index (κ3) is 1.12. The molecule has 0 unspecified atom stereocenters. The predicted molar refractivity (Wildman–Crippen MR) is 40.9 cm³/mol. The Balaban J connectivity index is 3.39. The second kappa shape index (κ2) is 2.82. The number of H-pyrrole nitrogens is 1. The van der Waals surface area contributed by atoms with Gasteiger partial charge in [0.05, 0.1) is 5.69 Å². The molecule has 0 spiro atoms. The summed E-state index contributed by atoms with van der Waals surface area (Å²) in [7, 11) is 1.47. The lowest BCUT2D eigenvalue weighted by Gasteiger charge is -1.97. The molecule has 12 heavy (non-hydrogen) atoms. The van der Waals surface area contributed by atoms with Crippen molar-refractivity contribution in [3.8, 4) is 0 Å². The summed E-state index contributed by atoms with van der Waals surface area (Å²) in [5.74, 6) is -1.17. The largest absolute Gasteiger partial charge is 0.477 e. The van der Waals surface area contributed by atoms with Crippen molar-refractivity contribution >= 4 is 5.97 Å². The monoisotopic (exact) mass is 171 g/mol. The summed E-state index contributed by atoms with van der Waals surface area (Å²) in [4.78, 5) is 23.6. The quantitative estimate of drug-likeness (QED) is 0.524. The first-order valence-corrected chi connectivity index (χ1v) is 3.29. The lowest BCUT2D eigenvalue weighted by atomic mass is 10.3. The molecule has 66 valence electrons. The number of carbonyl (C=O) groups is 1. The van der Waals surface area contributed by atoms with E-state index in [4.69, 9.17) is 10.8 Å². The molecule has 1 aromatic heterocycles. The van der Waals surface area contributed by atoms with E-state index in [1.54, 1.807) is 0 Å². The van der Waals surface area contributed by atoms with E-state index in [1.807, 2.05) is 0 Å². The van der Waals surface area contributed by atoms with Gasteiger partial charge in [-0.2, -0.15) is 0 Å². The van der Waals surface area contributed by atoms with Gasteiger partial charge in [0.15, 0.2) is 0 Å². The molecular formula is C6H9N3O3. The molecule has 4 N–H and O–H groups in total. The van der Waals surface area contributed by atoms with Gasteiger partial charge in [-0.05, 0) is 0 Å². The van der Waals surface area contributed by atoms with Crippen molar-refractivity contribution in [3.05, 3.63) is 21.9 Å². The number of carboxylic acid groups (broad SMARTS) is 1. The van der Waals surface area contributed by atoms with Gasteiger partial charge in [0.25, 0.3) is 0 Å². The highest BCUT2D eigenvalue weighted by Gasteiger charge is 2.15. The number of hydrogen-bond donors (Lipinski definition) is 3. The molecule has 0 saturated carbocycles. The smallest absolute Gasteiger partial charge is 0.354 e. The van der Waals surface area contributed by atoms with Crippen molar-refractivity contribution in [2.24, 2.45) is 12.8 Å². The molecule has 0 saturated heterocycles. The fraction of sp³-hybridized carbons (Fsp3) is 0.333. The first-order chi connectivity index (χ1) is 5.57.